The maximum atomic E-state index is 11.1. The highest BCUT2D eigenvalue weighted by Crippen LogP contribution is 2.30. The van der Waals surface area contributed by atoms with E-state index in [4.69, 9.17) is 23.2 Å². The Labute approximate surface area is 132 Å². The van der Waals surface area contributed by atoms with Gasteiger partial charge in [-0.3, -0.25) is 10.1 Å². The molecule has 0 saturated carbocycles. The number of halogens is 2. The van der Waals surface area contributed by atoms with Gasteiger partial charge in [0.1, 0.15) is 0 Å². The Morgan fingerprint density at radius 1 is 1.24 bits per heavy atom. The average molecular weight is 325 g/mol. The van der Waals surface area contributed by atoms with Gasteiger partial charge in [-0.2, -0.15) is 0 Å². The zero-order valence-corrected chi connectivity index (χ0v) is 12.9. The fraction of sp³-hybridized carbons (Fsp3) is 0.200. The van der Waals surface area contributed by atoms with Crippen LogP contribution < -0.4 is 5.32 Å². The van der Waals surface area contributed by atoms with Gasteiger partial charge in [0.2, 0.25) is 0 Å². The number of nitrogens with zero attached hydrogens (tertiary/aromatic N) is 1. The number of nitro groups is 1. The third-order valence-electron chi connectivity index (χ3n) is 3.30. The predicted molar refractivity (Wildman–Crippen MR) is 85.1 cm³/mol. The third-order valence-corrected chi connectivity index (χ3v) is 3.86. The number of likely N-dealkylation sites (N-methyl/N-ethyl adjacent to an activating group) is 1. The summed E-state index contributed by atoms with van der Waals surface area (Å²) in [6, 6.07) is 11.8. The molecule has 1 unspecified atom stereocenters. The molecule has 0 amide bonds. The monoisotopic (exact) mass is 324 g/mol. The molecule has 0 aliphatic heterocycles. The zero-order valence-electron chi connectivity index (χ0n) is 11.3. The van der Waals surface area contributed by atoms with Crippen LogP contribution in [0.15, 0.2) is 42.5 Å². The molecule has 2 aromatic rings. The molecule has 6 heteroatoms. The molecule has 0 aromatic heterocycles. The first-order chi connectivity index (χ1) is 10.0. The summed E-state index contributed by atoms with van der Waals surface area (Å²) in [5.41, 5.74) is 1.64. The standard InChI is InChI=1S/C15H14Cl2N2O2/c1-18-14(12-7-6-11(16)9-13(12)17)8-10-4-2-3-5-15(10)19(20)21/h2-7,9,14,18H,8H2,1H3. The molecule has 2 aromatic carbocycles. The summed E-state index contributed by atoms with van der Waals surface area (Å²) in [6.07, 6.45) is 0.467. The topological polar surface area (TPSA) is 55.2 Å². The molecule has 1 N–H and O–H groups in total. The van der Waals surface area contributed by atoms with Crippen LogP contribution in [0.4, 0.5) is 5.69 Å². The van der Waals surface area contributed by atoms with Gasteiger partial charge in [-0.25, -0.2) is 0 Å². The van der Waals surface area contributed by atoms with Gasteiger partial charge >= 0.3 is 0 Å². The Balaban J connectivity index is 2.34. The van der Waals surface area contributed by atoms with Gasteiger partial charge in [-0.1, -0.05) is 47.5 Å². The molecule has 110 valence electrons. The van der Waals surface area contributed by atoms with Crippen LogP contribution in [-0.4, -0.2) is 12.0 Å². The van der Waals surface area contributed by atoms with Crippen molar-refractivity contribution in [2.75, 3.05) is 7.05 Å². The molecule has 4 nitrogen and oxygen atoms in total. The summed E-state index contributed by atoms with van der Waals surface area (Å²) in [5.74, 6) is 0. The smallest absolute Gasteiger partial charge is 0.272 e. The van der Waals surface area contributed by atoms with E-state index in [1.54, 1.807) is 37.4 Å². The third kappa shape index (κ3) is 3.73. The van der Waals surface area contributed by atoms with E-state index in [9.17, 15) is 10.1 Å². The van der Waals surface area contributed by atoms with Crippen molar-refractivity contribution in [1.29, 1.82) is 0 Å². The Morgan fingerprint density at radius 3 is 2.57 bits per heavy atom. The summed E-state index contributed by atoms with van der Waals surface area (Å²) in [4.78, 5) is 10.7. The number of hydrogen-bond acceptors (Lipinski definition) is 3. The molecule has 0 radical (unpaired) electrons. The quantitative estimate of drug-likeness (QED) is 0.654. The van der Waals surface area contributed by atoms with Gasteiger partial charge in [0.05, 0.1) is 4.92 Å². The molecule has 0 fully saturated rings. The summed E-state index contributed by atoms with van der Waals surface area (Å²) in [7, 11) is 1.80. The van der Waals surface area contributed by atoms with Gasteiger partial charge in [-0.15, -0.1) is 0 Å². The maximum absolute atomic E-state index is 11.1. The van der Waals surface area contributed by atoms with Crippen LogP contribution >= 0.6 is 23.2 Å². The number of benzene rings is 2. The number of hydrogen-bond donors (Lipinski definition) is 1. The molecule has 0 saturated heterocycles. The fourth-order valence-corrected chi connectivity index (χ4v) is 2.77. The molecule has 2 rings (SSSR count). The lowest BCUT2D eigenvalue weighted by atomic mass is 9.98. The lowest BCUT2D eigenvalue weighted by Gasteiger charge is -2.18. The van der Waals surface area contributed by atoms with Crippen LogP contribution in [-0.2, 0) is 6.42 Å². The minimum atomic E-state index is -0.370. The molecule has 0 aliphatic carbocycles. The van der Waals surface area contributed by atoms with E-state index in [0.29, 0.717) is 22.0 Å². The van der Waals surface area contributed by atoms with Gasteiger partial charge in [-0.05, 0) is 31.2 Å². The first-order valence-electron chi connectivity index (χ1n) is 6.37. The Bertz CT molecular complexity index is 662. The predicted octanol–water partition coefficient (Wildman–Crippen LogP) is 4.40. The Kier molecular flexibility index (Phi) is 5.17. The minimum absolute atomic E-state index is 0.114. The van der Waals surface area contributed by atoms with E-state index < -0.39 is 0 Å². The van der Waals surface area contributed by atoms with E-state index >= 15 is 0 Å². The summed E-state index contributed by atoms with van der Waals surface area (Å²) in [6.45, 7) is 0. The first kappa shape index (κ1) is 15.8. The van der Waals surface area contributed by atoms with Crippen molar-refractivity contribution < 1.29 is 4.92 Å². The first-order valence-corrected chi connectivity index (χ1v) is 7.13. The van der Waals surface area contributed by atoms with Crippen LogP contribution in [0.3, 0.4) is 0 Å². The van der Waals surface area contributed by atoms with Crippen molar-refractivity contribution in [3.63, 3.8) is 0 Å². The SMILES string of the molecule is CNC(Cc1ccccc1[N+](=O)[O-])c1ccc(Cl)cc1Cl. The molecule has 0 bridgehead atoms. The van der Waals surface area contributed by atoms with Gasteiger partial charge in [0.25, 0.3) is 5.69 Å². The van der Waals surface area contributed by atoms with Gasteiger partial charge in [0, 0.05) is 27.7 Å². The number of nitro benzene ring substituents is 1. The largest absolute Gasteiger partial charge is 0.313 e. The Hall–Kier alpha value is -1.62. The lowest BCUT2D eigenvalue weighted by Crippen LogP contribution is -2.19. The molecule has 21 heavy (non-hydrogen) atoms. The normalized spacial score (nSPS) is 12.1. The van der Waals surface area contributed by atoms with E-state index in [1.165, 1.54) is 6.07 Å². The fourth-order valence-electron chi connectivity index (χ4n) is 2.23. The molecular formula is C15H14Cl2N2O2. The number of para-hydroxylation sites is 1. The van der Waals surface area contributed by atoms with Crippen molar-refractivity contribution in [2.24, 2.45) is 0 Å². The number of rotatable bonds is 5. The summed E-state index contributed by atoms with van der Waals surface area (Å²) < 4.78 is 0. The highest BCUT2D eigenvalue weighted by atomic mass is 35.5. The van der Waals surface area contributed by atoms with Crippen LogP contribution in [0.1, 0.15) is 17.2 Å². The molecule has 0 heterocycles. The van der Waals surface area contributed by atoms with E-state index in [1.807, 2.05) is 6.07 Å². The van der Waals surface area contributed by atoms with Crippen molar-refractivity contribution in [1.82, 2.24) is 5.32 Å². The molecule has 0 aliphatic rings. The van der Waals surface area contributed by atoms with E-state index in [-0.39, 0.29) is 16.7 Å². The second-order valence-corrected chi connectivity index (χ2v) is 5.44. The molecular weight excluding hydrogens is 311 g/mol. The van der Waals surface area contributed by atoms with E-state index in [0.717, 1.165) is 5.56 Å². The Morgan fingerprint density at radius 2 is 1.95 bits per heavy atom. The van der Waals surface area contributed by atoms with E-state index in [2.05, 4.69) is 5.32 Å². The van der Waals surface area contributed by atoms with Gasteiger partial charge < -0.3 is 5.32 Å². The second kappa shape index (κ2) is 6.89. The second-order valence-electron chi connectivity index (χ2n) is 4.60. The highest BCUT2D eigenvalue weighted by Gasteiger charge is 2.19. The van der Waals surface area contributed by atoms with Crippen molar-refractivity contribution in [3.05, 3.63) is 73.8 Å². The number of nitrogens with one attached hydrogen (secondary N) is 1. The van der Waals surface area contributed by atoms with Crippen LogP contribution in [0.25, 0.3) is 0 Å². The summed E-state index contributed by atoms with van der Waals surface area (Å²) in [5, 5.41) is 15.3. The molecule has 1 atom stereocenters. The van der Waals surface area contributed by atoms with Crippen LogP contribution in [0.5, 0.6) is 0 Å². The van der Waals surface area contributed by atoms with Crippen LogP contribution in [0, 0.1) is 10.1 Å². The summed E-state index contributed by atoms with van der Waals surface area (Å²) >= 11 is 12.1. The minimum Gasteiger partial charge on any atom is -0.313 e. The van der Waals surface area contributed by atoms with Crippen molar-refractivity contribution in [3.8, 4) is 0 Å². The zero-order chi connectivity index (χ0) is 15.4. The van der Waals surface area contributed by atoms with Crippen molar-refractivity contribution >= 4 is 28.9 Å². The average Bonchev–Trinajstić information content (AvgIpc) is 2.45. The molecule has 0 spiro atoms. The van der Waals surface area contributed by atoms with Crippen molar-refractivity contribution in [2.45, 2.75) is 12.5 Å². The maximum Gasteiger partial charge on any atom is 0.272 e. The lowest BCUT2D eigenvalue weighted by molar-refractivity contribution is -0.385. The highest BCUT2D eigenvalue weighted by molar-refractivity contribution is 6.35. The van der Waals surface area contributed by atoms with Gasteiger partial charge in [0.15, 0.2) is 0 Å². The van der Waals surface area contributed by atoms with Crippen LogP contribution in [0.2, 0.25) is 10.0 Å².